The molecule has 0 radical (unpaired) electrons. The predicted octanol–water partition coefficient (Wildman–Crippen LogP) is 1.91. The Hall–Kier alpha value is -2.58. The van der Waals surface area contributed by atoms with Gasteiger partial charge in [-0.15, -0.1) is 5.10 Å². The first kappa shape index (κ1) is 17.8. The van der Waals surface area contributed by atoms with Gasteiger partial charge in [0.1, 0.15) is 6.33 Å². The molecule has 2 atom stereocenters. The topological polar surface area (TPSA) is 75.9 Å². The fourth-order valence-corrected chi connectivity index (χ4v) is 4.22. The van der Waals surface area contributed by atoms with Crippen LogP contribution in [0.25, 0.3) is 0 Å². The minimum atomic E-state index is -0.171. The van der Waals surface area contributed by atoms with Crippen molar-refractivity contribution in [3.8, 4) is 0 Å². The number of thiophene rings is 1. The summed E-state index contributed by atoms with van der Waals surface area (Å²) in [6.45, 7) is 2.16. The van der Waals surface area contributed by atoms with Crippen molar-refractivity contribution in [3.63, 3.8) is 0 Å². The summed E-state index contributed by atoms with van der Waals surface area (Å²) in [4.78, 5) is 15.1. The summed E-state index contributed by atoms with van der Waals surface area (Å²) >= 11 is 1.68. The summed E-state index contributed by atoms with van der Waals surface area (Å²) in [5.41, 5.74) is 2.46. The van der Waals surface area contributed by atoms with Crippen molar-refractivity contribution in [1.82, 2.24) is 30.4 Å². The lowest BCUT2D eigenvalue weighted by atomic mass is 10.1. The molecule has 140 valence electrons. The summed E-state index contributed by atoms with van der Waals surface area (Å²) in [6.07, 6.45) is 3.18. The number of tetrazole rings is 1. The molecule has 4 rings (SSSR count). The van der Waals surface area contributed by atoms with Crippen molar-refractivity contribution in [2.75, 3.05) is 13.1 Å². The Balaban J connectivity index is 1.39. The molecular formula is C19H22N6OS. The zero-order valence-electron chi connectivity index (χ0n) is 14.9. The first-order chi connectivity index (χ1) is 13.3. The van der Waals surface area contributed by atoms with Crippen LogP contribution in [0.15, 0.2) is 53.5 Å². The molecule has 8 heteroatoms. The molecule has 0 saturated carbocycles. The fraction of sp³-hybridized carbons (Fsp3) is 0.368. The van der Waals surface area contributed by atoms with Crippen LogP contribution in [-0.2, 0) is 17.8 Å². The van der Waals surface area contributed by atoms with Gasteiger partial charge in [0.15, 0.2) is 0 Å². The Morgan fingerprint density at radius 1 is 1.22 bits per heavy atom. The molecule has 1 aliphatic heterocycles. The van der Waals surface area contributed by atoms with Crippen molar-refractivity contribution in [3.05, 3.63) is 64.6 Å². The first-order valence-corrected chi connectivity index (χ1v) is 10.0. The molecule has 1 saturated heterocycles. The smallest absolute Gasteiger partial charge is 0.237 e. The molecule has 3 heterocycles. The van der Waals surface area contributed by atoms with Crippen LogP contribution in [0.5, 0.6) is 0 Å². The highest BCUT2D eigenvalue weighted by atomic mass is 32.1. The molecular weight excluding hydrogens is 360 g/mol. The molecule has 1 aromatic carbocycles. The lowest BCUT2D eigenvalue weighted by Gasteiger charge is -2.23. The molecule has 27 heavy (non-hydrogen) atoms. The van der Waals surface area contributed by atoms with Crippen molar-refractivity contribution in [2.45, 2.75) is 31.5 Å². The summed E-state index contributed by atoms with van der Waals surface area (Å²) in [6, 6.07) is 12.3. The molecule has 1 aliphatic rings. The van der Waals surface area contributed by atoms with Crippen molar-refractivity contribution >= 4 is 17.2 Å². The Morgan fingerprint density at radius 2 is 2.11 bits per heavy atom. The fourth-order valence-electron chi connectivity index (χ4n) is 3.56. The van der Waals surface area contributed by atoms with Crippen molar-refractivity contribution in [1.29, 1.82) is 0 Å². The molecule has 7 nitrogen and oxygen atoms in total. The van der Waals surface area contributed by atoms with Gasteiger partial charge in [0.25, 0.3) is 0 Å². The van der Waals surface area contributed by atoms with E-state index >= 15 is 0 Å². The highest BCUT2D eigenvalue weighted by molar-refractivity contribution is 7.07. The van der Waals surface area contributed by atoms with Gasteiger partial charge in [0.2, 0.25) is 5.91 Å². The van der Waals surface area contributed by atoms with E-state index in [0.717, 1.165) is 19.5 Å². The van der Waals surface area contributed by atoms with E-state index in [9.17, 15) is 4.79 Å². The van der Waals surface area contributed by atoms with E-state index in [1.807, 2.05) is 18.2 Å². The standard InChI is InChI=1S/C19H22N6OS/c26-19(20-8-6-15-4-2-1-3-5-15)18-10-17(25-14-21-22-23-25)12-24(18)11-16-7-9-27-13-16/h1-5,7,9,13-14,17-18H,6,8,10-12H2,(H,20,26)/t17-,18-/m0/s1. The van der Waals surface area contributed by atoms with Crippen LogP contribution < -0.4 is 5.32 Å². The summed E-state index contributed by atoms with van der Waals surface area (Å²) in [5, 5.41) is 18.8. The van der Waals surface area contributed by atoms with E-state index in [2.05, 4.69) is 54.7 Å². The number of benzene rings is 1. The number of nitrogens with one attached hydrogen (secondary N) is 1. The van der Waals surface area contributed by atoms with E-state index in [1.54, 1.807) is 22.3 Å². The quantitative estimate of drug-likeness (QED) is 0.676. The highest BCUT2D eigenvalue weighted by Crippen LogP contribution is 2.28. The van der Waals surface area contributed by atoms with E-state index < -0.39 is 0 Å². The number of nitrogens with zero attached hydrogens (tertiary/aromatic N) is 5. The predicted molar refractivity (Wildman–Crippen MR) is 103 cm³/mol. The van der Waals surface area contributed by atoms with Gasteiger partial charge in [-0.2, -0.15) is 11.3 Å². The maximum absolute atomic E-state index is 12.9. The average molecular weight is 382 g/mol. The van der Waals surface area contributed by atoms with E-state index in [1.165, 1.54) is 11.1 Å². The number of carbonyl (C=O) groups excluding carboxylic acids is 1. The number of hydrogen-bond donors (Lipinski definition) is 1. The van der Waals surface area contributed by atoms with Gasteiger partial charge in [-0.05, 0) is 51.2 Å². The largest absolute Gasteiger partial charge is 0.354 e. The Labute approximate surface area is 162 Å². The Kier molecular flexibility index (Phi) is 5.55. The molecule has 1 fully saturated rings. The maximum atomic E-state index is 12.9. The first-order valence-electron chi connectivity index (χ1n) is 9.09. The van der Waals surface area contributed by atoms with Crippen LogP contribution in [0, 0.1) is 0 Å². The summed E-state index contributed by atoms with van der Waals surface area (Å²) < 4.78 is 1.76. The minimum Gasteiger partial charge on any atom is -0.354 e. The van der Waals surface area contributed by atoms with Gasteiger partial charge >= 0.3 is 0 Å². The summed E-state index contributed by atoms with van der Waals surface area (Å²) in [7, 11) is 0. The van der Waals surface area contributed by atoms with Crippen LogP contribution in [0.3, 0.4) is 0 Å². The zero-order valence-corrected chi connectivity index (χ0v) is 15.8. The van der Waals surface area contributed by atoms with Gasteiger partial charge < -0.3 is 5.32 Å². The second-order valence-electron chi connectivity index (χ2n) is 6.78. The van der Waals surface area contributed by atoms with Crippen LogP contribution in [0.1, 0.15) is 23.6 Å². The summed E-state index contributed by atoms with van der Waals surface area (Å²) in [5.74, 6) is 0.0803. The highest BCUT2D eigenvalue weighted by Gasteiger charge is 2.38. The van der Waals surface area contributed by atoms with Crippen molar-refractivity contribution < 1.29 is 4.79 Å². The van der Waals surface area contributed by atoms with Gasteiger partial charge in [0.05, 0.1) is 12.1 Å². The third kappa shape index (κ3) is 4.40. The van der Waals surface area contributed by atoms with Crippen LogP contribution in [0.2, 0.25) is 0 Å². The normalized spacial score (nSPS) is 20.0. The minimum absolute atomic E-state index is 0.0803. The molecule has 0 aliphatic carbocycles. The number of rotatable bonds is 7. The molecule has 0 unspecified atom stereocenters. The SMILES string of the molecule is O=C(NCCc1ccccc1)[C@@H]1C[C@H](n2cnnn2)CN1Cc1ccsc1. The Bertz CT molecular complexity index is 836. The lowest BCUT2D eigenvalue weighted by molar-refractivity contribution is -0.125. The number of likely N-dealkylation sites (tertiary alicyclic amines) is 1. The van der Waals surface area contributed by atoms with E-state index in [4.69, 9.17) is 0 Å². The van der Waals surface area contributed by atoms with Gasteiger partial charge in [-0.25, -0.2) is 4.68 Å². The van der Waals surface area contributed by atoms with Crippen LogP contribution in [-0.4, -0.2) is 50.1 Å². The number of amides is 1. The monoisotopic (exact) mass is 382 g/mol. The molecule has 0 spiro atoms. The molecule has 0 bridgehead atoms. The van der Waals surface area contributed by atoms with Gasteiger partial charge in [-0.1, -0.05) is 30.3 Å². The van der Waals surface area contributed by atoms with Crippen LogP contribution in [0.4, 0.5) is 0 Å². The number of carbonyl (C=O) groups is 1. The molecule has 1 N–H and O–H groups in total. The third-order valence-corrected chi connectivity index (χ3v) is 5.68. The van der Waals surface area contributed by atoms with E-state index in [0.29, 0.717) is 13.0 Å². The molecule has 3 aromatic rings. The molecule has 2 aromatic heterocycles. The maximum Gasteiger partial charge on any atom is 0.237 e. The lowest BCUT2D eigenvalue weighted by Crippen LogP contribution is -2.43. The second kappa shape index (κ2) is 8.41. The number of hydrogen-bond acceptors (Lipinski definition) is 6. The van der Waals surface area contributed by atoms with Crippen LogP contribution >= 0.6 is 11.3 Å². The van der Waals surface area contributed by atoms with Gasteiger partial charge in [-0.3, -0.25) is 9.69 Å². The second-order valence-corrected chi connectivity index (χ2v) is 7.56. The molecule has 1 amide bonds. The zero-order chi connectivity index (χ0) is 18.5. The third-order valence-electron chi connectivity index (χ3n) is 4.94. The van der Waals surface area contributed by atoms with E-state index in [-0.39, 0.29) is 18.0 Å². The van der Waals surface area contributed by atoms with Gasteiger partial charge in [0, 0.05) is 19.6 Å². The Morgan fingerprint density at radius 3 is 2.85 bits per heavy atom. The van der Waals surface area contributed by atoms with Crippen molar-refractivity contribution in [2.24, 2.45) is 0 Å². The number of aromatic nitrogens is 4. The average Bonchev–Trinajstić information content (AvgIpc) is 3.45.